The molecule has 0 saturated carbocycles. The molecular formula is C16H19N7O2. The summed E-state index contributed by atoms with van der Waals surface area (Å²) in [6.07, 6.45) is 3.16. The summed E-state index contributed by atoms with van der Waals surface area (Å²) in [6, 6.07) is 3.56. The van der Waals surface area contributed by atoms with Gasteiger partial charge in [0.05, 0.1) is 12.6 Å². The number of nitrogens with two attached hydrogens (primary N) is 1. The van der Waals surface area contributed by atoms with Crippen LogP contribution in [0.5, 0.6) is 0 Å². The Morgan fingerprint density at radius 1 is 1.28 bits per heavy atom. The van der Waals surface area contributed by atoms with Crippen molar-refractivity contribution in [1.82, 2.24) is 29.3 Å². The molecule has 0 spiro atoms. The molecule has 9 heteroatoms. The molecule has 3 aromatic rings. The lowest BCUT2D eigenvalue weighted by molar-refractivity contribution is -0.133. The van der Waals surface area contributed by atoms with Gasteiger partial charge in [-0.3, -0.25) is 4.79 Å². The van der Waals surface area contributed by atoms with Gasteiger partial charge in [-0.1, -0.05) is 0 Å². The second-order valence-corrected chi connectivity index (χ2v) is 6.14. The maximum absolute atomic E-state index is 12.6. The number of carbonyl (C=O) groups is 1. The number of hydrogen-bond acceptors (Lipinski definition) is 7. The van der Waals surface area contributed by atoms with E-state index in [0.717, 1.165) is 26.2 Å². The minimum Gasteiger partial charge on any atom is -0.463 e. The molecule has 1 amide bonds. The van der Waals surface area contributed by atoms with Crippen molar-refractivity contribution in [2.75, 3.05) is 39.0 Å². The SMILES string of the molecule is CN1CCN(C(=O)Cn2cnc3c(-c4ccco4)nc(N)nc32)CC1. The Kier molecular flexibility index (Phi) is 3.85. The molecule has 1 aliphatic rings. The molecule has 3 aromatic heterocycles. The number of furan rings is 1. The molecule has 0 aliphatic carbocycles. The molecular weight excluding hydrogens is 322 g/mol. The van der Waals surface area contributed by atoms with Gasteiger partial charge in [0.2, 0.25) is 11.9 Å². The molecule has 25 heavy (non-hydrogen) atoms. The summed E-state index contributed by atoms with van der Waals surface area (Å²) in [5.74, 6) is 0.728. The van der Waals surface area contributed by atoms with Crippen LogP contribution in [-0.2, 0) is 11.3 Å². The van der Waals surface area contributed by atoms with E-state index in [1.54, 1.807) is 29.3 Å². The fraction of sp³-hybridized carbons (Fsp3) is 0.375. The van der Waals surface area contributed by atoms with E-state index in [4.69, 9.17) is 10.2 Å². The van der Waals surface area contributed by atoms with Crippen LogP contribution in [0.4, 0.5) is 5.95 Å². The van der Waals surface area contributed by atoms with Crippen molar-refractivity contribution < 1.29 is 9.21 Å². The predicted molar refractivity (Wildman–Crippen MR) is 91.5 cm³/mol. The molecule has 0 unspecified atom stereocenters. The number of anilines is 1. The van der Waals surface area contributed by atoms with Crippen LogP contribution in [0.3, 0.4) is 0 Å². The van der Waals surface area contributed by atoms with Crippen LogP contribution in [0.2, 0.25) is 0 Å². The van der Waals surface area contributed by atoms with E-state index >= 15 is 0 Å². The average molecular weight is 341 g/mol. The summed E-state index contributed by atoms with van der Waals surface area (Å²) in [5.41, 5.74) is 7.46. The second-order valence-electron chi connectivity index (χ2n) is 6.14. The number of piperazine rings is 1. The third kappa shape index (κ3) is 2.93. The number of amides is 1. The van der Waals surface area contributed by atoms with Crippen LogP contribution < -0.4 is 5.73 Å². The molecule has 1 fully saturated rings. The van der Waals surface area contributed by atoms with Gasteiger partial charge in [0.15, 0.2) is 11.4 Å². The van der Waals surface area contributed by atoms with Gasteiger partial charge >= 0.3 is 0 Å². The van der Waals surface area contributed by atoms with Crippen molar-refractivity contribution in [2.24, 2.45) is 0 Å². The second kappa shape index (κ2) is 6.17. The lowest BCUT2D eigenvalue weighted by Gasteiger charge is -2.32. The smallest absolute Gasteiger partial charge is 0.242 e. The van der Waals surface area contributed by atoms with Crippen molar-refractivity contribution in [3.05, 3.63) is 24.7 Å². The number of likely N-dealkylation sites (N-methyl/N-ethyl adjacent to an activating group) is 1. The Morgan fingerprint density at radius 3 is 2.80 bits per heavy atom. The highest BCUT2D eigenvalue weighted by atomic mass is 16.3. The topological polar surface area (TPSA) is 106 Å². The Balaban J connectivity index is 1.64. The van der Waals surface area contributed by atoms with Crippen molar-refractivity contribution in [2.45, 2.75) is 6.54 Å². The third-order valence-corrected chi connectivity index (χ3v) is 4.40. The summed E-state index contributed by atoms with van der Waals surface area (Å²) in [5, 5.41) is 0. The van der Waals surface area contributed by atoms with Gasteiger partial charge in [0.1, 0.15) is 17.8 Å². The highest BCUT2D eigenvalue weighted by molar-refractivity contribution is 5.87. The van der Waals surface area contributed by atoms with Crippen LogP contribution in [0.25, 0.3) is 22.6 Å². The van der Waals surface area contributed by atoms with Crippen LogP contribution in [0, 0.1) is 0 Å². The number of fused-ring (bicyclic) bond motifs is 1. The Labute approximate surface area is 144 Å². The number of rotatable bonds is 3. The zero-order valence-electron chi connectivity index (χ0n) is 13.9. The van der Waals surface area contributed by atoms with E-state index in [2.05, 4.69) is 26.9 Å². The first kappa shape index (κ1) is 15.6. The van der Waals surface area contributed by atoms with Crippen LogP contribution in [0.15, 0.2) is 29.1 Å². The van der Waals surface area contributed by atoms with E-state index in [1.165, 1.54) is 0 Å². The number of aromatic nitrogens is 4. The van der Waals surface area contributed by atoms with Gasteiger partial charge in [-0.05, 0) is 19.2 Å². The van der Waals surface area contributed by atoms with E-state index in [9.17, 15) is 4.79 Å². The molecule has 0 radical (unpaired) electrons. The van der Waals surface area contributed by atoms with Crippen molar-refractivity contribution in [3.8, 4) is 11.5 Å². The number of nitrogen functional groups attached to an aromatic ring is 1. The standard InChI is InChI=1S/C16H19N7O2/c1-21-4-6-22(7-5-21)12(24)9-23-10-18-14-13(11-3-2-8-25-11)19-16(17)20-15(14)23/h2-3,8,10H,4-7,9H2,1H3,(H2,17,19,20). The minimum atomic E-state index is 0.0455. The fourth-order valence-corrected chi connectivity index (χ4v) is 2.96. The molecule has 9 nitrogen and oxygen atoms in total. The van der Waals surface area contributed by atoms with E-state index < -0.39 is 0 Å². The first-order valence-corrected chi connectivity index (χ1v) is 8.10. The Bertz CT molecular complexity index is 895. The zero-order chi connectivity index (χ0) is 17.4. The molecule has 4 rings (SSSR count). The van der Waals surface area contributed by atoms with Gasteiger partial charge in [0.25, 0.3) is 0 Å². The fourth-order valence-electron chi connectivity index (χ4n) is 2.96. The van der Waals surface area contributed by atoms with Crippen molar-refractivity contribution >= 4 is 23.0 Å². The molecule has 2 N–H and O–H groups in total. The maximum atomic E-state index is 12.6. The highest BCUT2D eigenvalue weighted by Crippen LogP contribution is 2.26. The average Bonchev–Trinajstić information content (AvgIpc) is 3.25. The van der Waals surface area contributed by atoms with Gasteiger partial charge in [0, 0.05) is 26.2 Å². The summed E-state index contributed by atoms with van der Waals surface area (Å²) < 4.78 is 7.11. The van der Waals surface area contributed by atoms with Crippen molar-refractivity contribution in [1.29, 1.82) is 0 Å². The molecule has 130 valence electrons. The summed E-state index contributed by atoms with van der Waals surface area (Å²) >= 11 is 0. The van der Waals surface area contributed by atoms with E-state index in [0.29, 0.717) is 22.6 Å². The van der Waals surface area contributed by atoms with Gasteiger partial charge in [-0.15, -0.1) is 0 Å². The lowest BCUT2D eigenvalue weighted by Crippen LogP contribution is -2.48. The van der Waals surface area contributed by atoms with Gasteiger partial charge in [-0.25, -0.2) is 9.97 Å². The number of imidazole rings is 1. The summed E-state index contributed by atoms with van der Waals surface area (Å²) in [6.45, 7) is 3.41. The molecule has 4 heterocycles. The summed E-state index contributed by atoms with van der Waals surface area (Å²) in [4.78, 5) is 29.5. The Hall–Kier alpha value is -2.94. The van der Waals surface area contributed by atoms with E-state index in [1.807, 2.05) is 4.90 Å². The normalized spacial score (nSPS) is 15.8. The molecule has 0 atom stereocenters. The van der Waals surface area contributed by atoms with Crippen LogP contribution >= 0.6 is 0 Å². The predicted octanol–water partition coefficient (Wildman–Crippen LogP) is 0.443. The lowest BCUT2D eigenvalue weighted by atomic mass is 10.3. The molecule has 1 saturated heterocycles. The zero-order valence-corrected chi connectivity index (χ0v) is 13.9. The quantitative estimate of drug-likeness (QED) is 0.737. The highest BCUT2D eigenvalue weighted by Gasteiger charge is 2.21. The molecule has 1 aliphatic heterocycles. The monoisotopic (exact) mass is 341 g/mol. The van der Waals surface area contributed by atoms with E-state index in [-0.39, 0.29) is 18.4 Å². The first-order valence-electron chi connectivity index (χ1n) is 8.10. The number of carbonyl (C=O) groups excluding carboxylic acids is 1. The van der Waals surface area contributed by atoms with Gasteiger partial charge in [-0.2, -0.15) is 4.98 Å². The third-order valence-electron chi connectivity index (χ3n) is 4.40. The maximum Gasteiger partial charge on any atom is 0.242 e. The van der Waals surface area contributed by atoms with Crippen LogP contribution in [-0.4, -0.2) is 68.5 Å². The number of nitrogens with zero attached hydrogens (tertiary/aromatic N) is 6. The van der Waals surface area contributed by atoms with Crippen molar-refractivity contribution in [3.63, 3.8) is 0 Å². The Morgan fingerprint density at radius 2 is 2.08 bits per heavy atom. The van der Waals surface area contributed by atoms with Gasteiger partial charge < -0.3 is 24.5 Å². The first-order chi connectivity index (χ1) is 12.1. The van der Waals surface area contributed by atoms with Crippen LogP contribution in [0.1, 0.15) is 0 Å². The summed E-state index contributed by atoms with van der Waals surface area (Å²) in [7, 11) is 2.06. The largest absolute Gasteiger partial charge is 0.463 e. The number of hydrogen-bond donors (Lipinski definition) is 1. The molecule has 0 aromatic carbocycles. The molecule has 0 bridgehead atoms. The minimum absolute atomic E-state index is 0.0455.